The fourth-order valence-corrected chi connectivity index (χ4v) is 4.73. The summed E-state index contributed by atoms with van der Waals surface area (Å²) in [6.07, 6.45) is 0.371. The number of nitrogens with zero attached hydrogens (tertiary/aromatic N) is 1. The summed E-state index contributed by atoms with van der Waals surface area (Å²) in [7, 11) is 0. The minimum absolute atomic E-state index is 0.0832. The van der Waals surface area contributed by atoms with Crippen LogP contribution in [0.1, 0.15) is 50.2 Å². The van der Waals surface area contributed by atoms with E-state index in [9.17, 15) is 15.0 Å². The topological polar surface area (TPSA) is 124 Å². The molecule has 0 saturated carbocycles. The lowest BCUT2D eigenvalue weighted by Crippen LogP contribution is -2.49. The van der Waals surface area contributed by atoms with E-state index in [0.29, 0.717) is 38.5 Å². The molecular weight excluding hydrogens is 410 g/mol. The van der Waals surface area contributed by atoms with Crippen molar-refractivity contribution in [3.05, 3.63) is 35.4 Å². The molecule has 2 heterocycles. The van der Waals surface area contributed by atoms with Crippen LogP contribution < -0.4 is 10.6 Å². The van der Waals surface area contributed by atoms with Crippen LogP contribution in [0.5, 0.6) is 0 Å². The summed E-state index contributed by atoms with van der Waals surface area (Å²) in [5.41, 5.74) is 2.07. The first-order valence-corrected chi connectivity index (χ1v) is 11.4. The molecule has 8 nitrogen and oxygen atoms in total. The highest BCUT2D eigenvalue weighted by Gasteiger charge is 2.43. The van der Waals surface area contributed by atoms with E-state index < -0.39 is 18.2 Å². The summed E-state index contributed by atoms with van der Waals surface area (Å²) >= 11 is 0. The van der Waals surface area contributed by atoms with Crippen LogP contribution in [0.4, 0.5) is 4.79 Å². The predicted molar refractivity (Wildman–Crippen MR) is 119 cm³/mol. The number of nitriles is 1. The molecule has 32 heavy (non-hydrogen) atoms. The second-order valence-electron chi connectivity index (χ2n) is 9.61. The predicted octanol–water partition coefficient (Wildman–Crippen LogP) is 2.62. The number of nitrogens with one attached hydrogen (secondary N) is 2. The molecule has 1 amide bonds. The van der Waals surface area contributed by atoms with Gasteiger partial charge >= 0.3 is 6.09 Å². The Hall–Kier alpha value is -2.18. The van der Waals surface area contributed by atoms with Gasteiger partial charge in [-0.25, -0.2) is 4.79 Å². The number of aliphatic hydroxyl groups is 1. The van der Waals surface area contributed by atoms with Gasteiger partial charge in [0, 0.05) is 31.3 Å². The highest BCUT2D eigenvalue weighted by molar-refractivity contribution is 5.65. The van der Waals surface area contributed by atoms with Crippen molar-refractivity contribution in [2.75, 3.05) is 26.3 Å². The Morgan fingerprint density at radius 3 is 2.88 bits per heavy atom. The quantitative estimate of drug-likeness (QED) is 0.413. The van der Waals surface area contributed by atoms with Gasteiger partial charge in [0.25, 0.3) is 0 Å². The maximum atomic E-state index is 11.4. The minimum Gasteiger partial charge on any atom is -0.465 e. The van der Waals surface area contributed by atoms with E-state index in [0.717, 1.165) is 24.0 Å². The maximum Gasteiger partial charge on any atom is 0.404 e. The summed E-state index contributed by atoms with van der Waals surface area (Å²) in [5.74, 6) is 0.518. The van der Waals surface area contributed by atoms with Crippen LogP contribution in [-0.4, -0.2) is 61.0 Å². The number of rotatable bonds is 11. The first-order valence-electron chi connectivity index (χ1n) is 11.4. The normalized spacial score (nSPS) is 24.5. The van der Waals surface area contributed by atoms with Gasteiger partial charge in [-0.2, -0.15) is 5.26 Å². The molecular formula is C24H35N3O5. The summed E-state index contributed by atoms with van der Waals surface area (Å²) in [4.78, 5) is 11.4. The van der Waals surface area contributed by atoms with Crippen molar-refractivity contribution in [3.63, 3.8) is 0 Å². The fraction of sp³-hybridized carbons (Fsp3) is 0.667. The van der Waals surface area contributed by atoms with E-state index in [-0.39, 0.29) is 24.2 Å². The van der Waals surface area contributed by atoms with E-state index in [1.807, 2.05) is 18.2 Å². The molecule has 3 rings (SSSR count). The Morgan fingerprint density at radius 1 is 1.34 bits per heavy atom. The summed E-state index contributed by atoms with van der Waals surface area (Å²) < 4.78 is 11.5. The van der Waals surface area contributed by atoms with Crippen molar-refractivity contribution in [2.24, 2.45) is 11.3 Å². The average Bonchev–Trinajstić information content (AvgIpc) is 3.36. The van der Waals surface area contributed by atoms with E-state index in [1.165, 1.54) is 0 Å². The van der Waals surface area contributed by atoms with E-state index in [4.69, 9.17) is 14.7 Å². The third-order valence-corrected chi connectivity index (χ3v) is 6.58. The van der Waals surface area contributed by atoms with Crippen molar-refractivity contribution in [1.29, 1.82) is 5.26 Å². The molecule has 1 aromatic carbocycles. The smallest absolute Gasteiger partial charge is 0.404 e. The molecule has 176 valence electrons. The Balaban J connectivity index is 1.66. The first-order chi connectivity index (χ1) is 15.3. The third-order valence-electron chi connectivity index (χ3n) is 6.58. The van der Waals surface area contributed by atoms with Gasteiger partial charge in [0.1, 0.15) is 0 Å². The van der Waals surface area contributed by atoms with Crippen LogP contribution >= 0.6 is 0 Å². The van der Waals surface area contributed by atoms with Gasteiger partial charge in [-0.3, -0.25) is 0 Å². The number of carbonyl (C=O) groups is 1. The monoisotopic (exact) mass is 445 g/mol. The highest BCUT2D eigenvalue weighted by atomic mass is 16.7. The molecule has 1 aromatic rings. The molecule has 5 atom stereocenters. The molecule has 0 aliphatic carbocycles. The van der Waals surface area contributed by atoms with Gasteiger partial charge < -0.3 is 30.3 Å². The van der Waals surface area contributed by atoms with Crippen LogP contribution in [0.2, 0.25) is 0 Å². The van der Waals surface area contributed by atoms with Crippen LogP contribution in [0, 0.1) is 22.7 Å². The molecule has 2 aliphatic rings. The Bertz CT molecular complexity index is 809. The van der Waals surface area contributed by atoms with E-state index >= 15 is 0 Å². The Kier molecular flexibility index (Phi) is 8.49. The van der Waals surface area contributed by atoms with Gasteiger partial charge in [0.15, 0.2) is 6.29 Å². The standard InChI is InChI=1S/C24H35N3O5/c1-24(2,9-5-10-25)15-26-13-21(28)20(27-23(29)30)12-16-6-3-4-7-17(16)19-14-32-22-18(19)8-11-31-22/h3-4,6-7,18-22,26-28H,5,8-9,11-15H2,1-2H3,(H,29,30)/t18-,19-,20-,21+,22+/m0/s1. The van der Waals surface area contributed by atoms with Crippen LogP contribution in [0.3, 0.4) is 0 Å². The van der Waals surface area contributed by atoms with Crippen LogP contribution in [0.15, 0.2) is 24.3 Å². The zero-order valence-corrected chi connectivity index (χ0v) is 18.9. The number of benzene rings is 1. The molecule has 0 aromatic heterocycles. The van der Waals surface area contributed by atoms with Gasteiger partial charge in [-0.1, -0.05) is 38.1 Å². The summed E-state index contributed by atoms with van der Waals surface area (Å²) in [6.45, 7) is 6.31. The number of amides is 1. The van der Waals surface area contributed by atoms with Crippen molar-refractivity contribution in [1.82, 2.24) is 10.6 Å². The molecule has 0 spiro atoms. The van der Waals surface area contributed by atoms with E-state index in [2.05, 4.69) is 36.6 Å². The fourth-order valence-electron chi connectivity index (χ4n) is 4.73. The minimum atomic E-state index is -1.16. The van der Waals surface area contributed by atoms with Crippen molar-refractivity contribution in [3.8, 4) is 6.07 Å². The SMILES string of the molecule is CC(C)(CCC#N)CNC[C@@H](O)[C@H](Cc1ccccc1[C@@H]1CO[C@H]2OCC[C@H]21)NC(=O)O. The number of hydrogen-bond acceptors (Lipinski definition) is 6. The second-order valence-corrected chi connectivity index (χ2v) is 9.61. The zero-order chi connectivity index (χ0) is 23.1. The van der Waals surface area contributed by atoms with Crippen LogP contribution in [0.25, 0.3) is 0 Å². The molecule has 8 heteroatoms. The number of fused-ring (bicyclic) bond motifs is 1. The van der Waals surface area contributed by atoms with Gasteiger partial charge in [0.05, 0.1) is 31.4 Å². The Morgan fingerprint density at radius 2 is 2.12 bits per heavy atom. The van der Waals surface area contributed by atoms with Crippen molar-refractivity contribution < 1.29 is 24.5 Å². The largest absolute Gasteiger partial charge is 0.465 e. The second kappa shape index (κ2) is 11.1. The van der Waals surface area contributed by atoms with E-state index in [1.54, 1.807) is 0 Å². The van der Waals surface area contributed by atoms with Gasteiger partial charge in [-0.05, 0) is 35.8 Å². The number of ether oxygens (including phenoxy) is 2. The summed E-state index contributed by atoms with van der Waals surface area (Å²) in [6, 6.07) is 9.52. The van der Waals surface area contributed by atoms with Crippen LogP contribution in [-0.2, 0) is 15.9 Å². The molecule has 0 radical (unpaired) electrons. The number of carboxylic acid groups (broad SMARTS) is 1. The van der Waals surface area contributed by atoms with Crippen molar-refractivity contribution >= 4 is 6.09 Å². The average molecular weight is 446 g/mol. The third kappa shape index (κ3) is 6.42. The lowest BCUT2D eigenvalue weighted by atomic mass is 9.83. The van der Waals surface area contributed by atoms with Gasteiger partial charge in [-0.15, -0.1) is 0 Å². The lowest BCUT2D eigenvalue weighted by molar-refractivity contribution is -0.0905. The molecule has 4 N–H and O–H groups in total. The molecule has 2 fully saturated rings. The van der Waals surface area contributed by atoms with Gasteiger partial charge in [0.2, 0.25) is 0 Å². The summed E-state index contributed by atoms with van der Waals surface area (Å²) in [5, 5.41) is 34.7. The lowest BCUT2D eigenvalue weighted by Gasteiger charge is -2.28. The zero-order valence-electron chi connectivity index (χ0n) is 18.9. The maximum absolute atomic E-state index is 11.4. The molecule has 0 bridgehead atoms. The van der Waals surface area contributed by atoms with Crippen molar-refractivity contribution in [2.45, 2.75) is 63.9 Å². The number of hydrogen-bond donors (Lipinski definition) is 4. The molecule has 2 aliphatic heterocycles. The number of aliphatic hydroxyl groups excluding tert-OH is 1. The molecule has 0 unspecified atom stereocenters. The molecule has 2 saturated heterocycles. The highest BCUT2D eigenvalue weighted by Crippen LogP contribution is 2.42. The Labute approximate surface area is 189 Å². The first kappa shape index (κ1) is 24.5.